The highest BCUT2D eigenvalue weighted by molar-refractivity contribution is 14.0. The molecular weight excluding hydrogens is 419 g/mol. The Labute approximate surface area is 160 Å². The number of aliphatic imine (C=N–C) groups is 1. The fraction of sp³-hybridized carbons (Fsp3) is 0.412. The smallest absolute Gasteiger partial charge is 0.194 e. The van der Waals surface area contributed by atoms with Gasteiger partial charge < -0.3 is 10.2 Å². The first-order valence-corrected chi connectivity index (χ1v) is 8.41. The highest BCUT2D eigenvalue weighted by atomic mass is 127. The number of benzene rings is 1. The molecule has 4 nitrogen and oxygen atoms in total. The molecule has 23 heavy (non-hydrogen) atoms. The molecule has 0 aliphatic carbocycles. The van der Waals surface area contributed by atoms with E-state index in [0.717, 1.165) is 24.6 Å². The van der Waals surface area contributed by atoms with Gasteiger partial charge in [0.2, 0.25) is 0 Å². The zero-order valence-corrected chi connectivity index (χ0v) is 17.3. The number of nitrogens with zero attached hydrogens (tertiary/aromatic N) is 3. The minimum Gasteiger partial charge on any atom is -0.351 e. The number of hydrogen-bond acceptors (Lipinski definition) is 3. The third-order valence-electron chi connectivity index (χ3n) is 3.57. The van der Waals surface area contributed by atoms with E-state index in [1.165, 1.54) is 16.1 Å². The quantitative estimate of drug-likeness (QED) is 0.433. The van der Waals surface area contributed by atoms with Gasteiger partial charge in [0.15, 0.2) is 5.96 Å². The number of hydrogen-bond donors (Lipinski definition) is 1. The maximum absolute atomic E-state index is 4.57. The van der Waals surface area contributed by atoms with E-state index in [9.17, 15) is 0 Å². The van der Waals surface area contributed by atoms with Crippen molar-refractivity contribution < 1.29 is 0 Å². The second kappa shape index (κ2) is 9.87. The molecule has 0 spiro atoms. The molecule has 0 bridgehead atoms. The largest absolute Gasteiger partial charge is 0.351 e. The van der Waals surface area contributed by atoms with Gasteiger partial charge in [-0.05, 0) is 24.5 Å². The highest BCUT2D eigenvalue weighted by Crippen LogP contribution is 2.11. The van der Waals surface area contributed by atoms with Crippen LogP contribution in [-0.2, 0) is 19.5 Å². The molecular formula is C17H25IN4S. The van der Waals surface area contributed by atoms with E-state index < -0.39 is 0 Å². The lowest BCUT2D eigenvalue weighted by Crippen LogP contribution is -2.38. The molecule has 0 unspecified atom stereocenters. The van der Waals surface area contributed by atoms with Crippen LogP contribution in [0.4, 0.5) is 0 Å². The van der Waals surface area contributed by atoms with E-state index in [1.807, 2.05) is 7.05 Å². The van der Waals surface area contributed by atoms with Crippen molar-refractivity contribution in [1.82, 2.24) is 15.2 Å². The van der Waals surface area contributed by atoms with Gasteiger partial charge in [-0.15, -0.1) is 35.3 Å². The molecule has 126 valence electrons. The number of halogens is 1. The van der Waals surface area contributed by atoms with E-state index in [4.69, 9.17) is 0 Å². The van der Waals surface area contributed by atoms with Gasteiger partial charge in [0, 0.05) is 26.0 Å². The predicted octanol–water partition coefficient (Wildman–Crippen LogP) is 3.84. The molecule has 0 saturated heterocycles. The first kappa shape index (κ1) is 19.9. The van der Waals surface area contributed by atoms with Gasteiger partial charge in [0.05, 0.1) is 17.2 Å². The van der Waals surface area contributed by atoms with Gasteiger partial charge in [-0.3, -0.25) is 4.99 Å². The zero-order chi connectivity index (χ0) is 15.9. The van der Waals surface area contributed by atoms with E-state index in [1.54, 1.807) is 11.3 Å². The van der Waals surface area contributed by atoms with Crippen molar-refractivity contribution >= 4 is 41.3 Å². The van der Waals surface area contributed by atoms with Crippen LogP contribution in [-0.4, -0.2) is 29.9 Å². The first-order chi connectivity index (χ1) is 10.6. The standard InChI is InChI=1S/C17H24N4S.HI/c1-5-16-20-15(12-22-16)10-19-17(18-3)21(4)11-14-9-7-6-8-13(14)2;/h6-9,12H,5,10-11H2,1-4H3,(H,18,19);1H. The topological polar surface area (TPSA) is 40.5 Å². The summed E-state index contributed by atoms with van der Waals surface area (Å²) in [6.07, 6.45) is 0.993. The zero-order valence-electron chi connectivity index (χ0n) is 14.2. The Kier molecular flexibility index (Phi) is 8.54. The van der Waals surface area contributed by atoms with Gasteiger partial charge in [-0.2, -0.15) is 0 Å². The fourth-order valence-corrected chi connectivity index (χ4v) is 3.01. The molecule has 6 heteroatoms. The molecule has 1 aromatic carbocycles. The number of thiazole rings is 1. The average molecular weight is 444 g/mol. The molecule has 0 saturated carbocycles. The Morgan fingerprint density at radius 1 is 1.35 bits per heavy atom. The first-order valence-electron chi connectivity index (χ1n) is 7.53. The molecule has 0 radical (unpaired) electrons. The maximum atomic E-state index is 4.57. The SMILES string of the molecule is CCc1nc(CNC(=NC)N(C)Cc2ccccc2C)cs1.I. The van der Waals surface area contributed by atoms with Crippen LogP contribution in [0.25, 0.3) is 0 Å². The molecule has 1 heterocycles. The van der Waals surface area contributed by atoms with Crippen molar-refractivity contribution in [2.45, 2.75) is 33.4 Å². The normalized spacial score (nSPS) is 11.0. The number of rotatable bonds is 5. The predicted molar refractivity (Wildman–Crippen MR) is 110 cm³/mol. The van der Waals surface area contributed by atoms with Crippen LogP contribution in [0.2, 0.25) is 0 Å². The molecule has 0 atom stereocenters. The summed E-state index contributed by atoms with van der Waals surface area (Å²) in [5.41, 5.74) is 3.69. The van der Waals surface area contributed by atoms with E-state index in [0.29, 0.717) is 6.54 Å². The van der Waals surface area contributed by atoms with E-state index in [-0.39, 0.29) is 24.0 Å². The van der Waals surface area contributed by atoms with Gasteiger partial charge in [0.25, 0.3) is 0 Å². The number of guanidine groups is 1. The lowest BCUT2D eigenvalue weighted by molar-refractivity contribution is 0.475. The van der Waals surface area contributed by atoms with Crippen LogP contribution >= 0.6 is 35.3 Å². The molecule has 2 rings (SSSR count). The van der Waals surface area contributed by atoms with Crippen molar-refractivity contribution in [2.75, 3.05) is 14.1 Å². The third-order valence-corrected chi connectivity index (χ3v) is 4.61. The van der Waals surface area contributed by atoms with Crippen LogP contribution in [0.5, 0.6) is 0 Å². The van der Waals surface area contributed by atoms with Crippen molar-refractivity contribution in [2.24, 2.45) is 4.99 Å². The van der Waals surface area contributed by atoms with Crippen LogP contribution in [0, 0.1) is 6.92 Å². The summed E-state index contributed by atoms with van der Waals surface area (Å²) < 4.78 is 0. The van der Waals surface area contributed by atoms with Crippen LogP contribution < -0.4 is 5.32 Å². The van der Waals surface area contributed by atoms with E-state index >= 15 is 0 Å². The van der Waals surface area contributed by atoms with Gasteiger partial charge in [0.1, 0.15) is 0 Å². The molecule has 0 aliphatic rings. The fourth-order valence-electron chi connectivity index (χ4n) is 2.26. The Balaban J connectivity index is 0.00000264. The Bertz CT molecular complexity index is 639. The summed E-state index contributed by atoms with van der Waals surface area (Å²) in [5.74, 6) is 0.884. The average Bonchev–Trinajstić information content (AvgIpc) is 2.98. The number of aromatic nitrogens is 1. The third kappa shape index (κ3) is 5.76. The summed E-state index contributed by atoms with van der Waals surface area (Å²) in [4.78, 5) is 11.1. The number of aryl methyl sites for hydroxylation is 2. The van der Waals surface area contributed by atoms with E-state index in [2.05, 4.69) is 70.7 Å². The van der Waals surface area contributed by atoms with Crippen molar-refractivity contribution in [3.8, 4) is 0 Å². The molecule has 0 aliphatic heterocycles. The summed E-state index contributed by atoms with van der Waals surface area (Å²) >= 11 is 1.72. The second-order valence-corrected chi connectivity index (χ2v) is 6.21. The summed E-state index contributed by atoms with van der Waals surface area (Å²) in [7, 11) is 3.87. The lowest BCUT2D eigenvalue weighted by Gasteiger charge is -2.22. The molecule has 1 aromatic heterocycles. The summed E-state index contributed by atoms with van der Waals surface area (Å²) in [6.45, 7) is 5.82. The van der Waals surface area contributed by atoms with Gasteiger partial charge in [-0.1, -0.05) is 31.2 Å². The Morgan fingerprint density at radius 3 is 2.70 bits per heavy atom. The van der Waals surface area contributed by atoms with Crippen LogP contribution in [0.3, 0.4) is 0 Å². The second-order valence-electron chi connectivity index (χ2n) is 5.27. The maximum Gasteiger partial charge on any atom is 0.194 e. The van der Waals surface area contributed by atoms with Gasteiger partial charge >= 0.3 is 0 Å². The molecule has 0 amide bonds. The minimum atomic E-state index is 0. The Hall–Kier alpha value is -1.15. The molecule has 1 N–H and O–H groups in total. The lowest BCUT2D eigenvalue weighted by atomic mass is 10.1. The molecule has 2 aromatic rings. The van der Waals surface area contributed by atoms with Crippen molar-refractivity contribution in [3.63, 3.8) is 0 Å². The Morgan fingerprint density at radius 2 is 2.09 bits per heavy atom. The van der Waals surface area contributed by atoms with Crippen LogP contribution in [0.1, 0.15) is 28.8 Å². The minimum absolute atomic E-state index is 0. The summed E-state index contributed by atoms with van der Waals surface area (Å²) in [5, 5.41) is 6.67. The monoisotopic (exact) mass is 444 g/mol. The number of nitrogens with one attached hydrogen (secondary N) is 1. The molecule has 0 fully saturated rings. The van der Waals surface area contributed by atoms with Crippen molar-refractivity contribution in [1.29, 1.82) is 0 Å². The highest BCUT2D eigenvalue weighted by Gasteiger charge is 2.09. The van der Waals surface area contributed by atoms with Crippen molar-refractivity contribution in [3.05, 3.63) is 51.5 Å². The summed E-state index contributed by atoms with van der Waals surface area (Å²) in [6, 6.07) is 8.45. The van der Waals surface area contributed by atoms with Crippen LogP contribution in [0.15, 0.2) is 34.6 Å². The van der Waals surface area contributed by atoms with Gasteiger partial charge in [-0.25, -0.2) is 4.98 Å².